The first kappa shape index (κ1) is 74.4. The first-order valence-corrected chi connectivity index (χ1v) is 43.7. The van der Waals surface area contributed by atoms with Crippen molar-refractivity contribution in [1.82, 2.24) is 39.5 Å². The average molecular weight is 1430 g/mol. The molecular formula is C62H76N12O16S4Si2. The number of benzene rings is 4. The summed E-state index contributed by atoms with van der Waals surface area (Å²) in [5, 5.41) is 58.8. The summed E-state index contributed by atoms with van der Waals surface area (Å²) >= 11 is 0. The molecule has 0 fully saturated rings. The third-order valence-electron chi connectivity index (χ3n) is 14.7. The molecule has 512 valence electrons. The van der Waals surface area contributed by atoms with Gasteiger partial charge >= 0.3 is 0 Å². The van der Waals surface area contributed by atoms with Crippen molar-refractivity contribution in [3.8, 4) is 81.3 Å². The van der Waals surface area contributed by atoms with Gasteiger partial charge in [0.2, 0.25) is 43.7 Å². The second kappa shape index (κ2) is 30.4. The smallest absolute Gasteiger partial charge is 0.246 e. The molecule has 0 spiro atoms. The van der Waals surface area contributed by atoms with Crippen LogP contribution in [-0.4, -0.2) is 179 Å². The number of sulfone groups is 2. The van der Waals surface area contributed by atoms with Crippen molar-refractivity contribution in [3.05, 3.63) is 131 Å². The van der Waals surface area contributed by atoms with Gasteiger partial charge in [-0.15, -0.1) is 20.4 Å². The van der Waals surface area contributed by atoms with Crippen molar-refractivity contribution in [1.29, 1.82) is 10.5 Å². The Morgan fingerprint density at radius 2 is 0.802 bits per heavy atom. The summed E-state index contributed by atoms with van der Waals surface area (Å²) in [5.41, 5.74) is 0.980. The Bertz CT molecular complexity index is 4370. The van der Waals surface area contributed by atoms with Gasteiger partial charge in [-0.25, -0.2) is 52.2 Å². The minimum atomic E-state index is -4.48. The fourth-order valence-electron chi connectivity index (χ4n) is 9.79. The molecule has 0 radical (unpaired) electrons. The first-order valence-electron chi connectivity index (χ1n) is 29.3. The van der Waals surface area contributed by atoms with Crippen LogP contribution < -0.4 is 37.0 Å². The summed E-state index contributed by atoms with van der Waals surface area (Å²) in [5.74, 6) is 0.0453. The maximum atomic E-state index is 14.5. The van der Waals surface area contributed by atoms with Crippen molar-refractivity contribution in [2.24, 2.45) is 0 Å². The van der Waals surface area contributed by atoms with Crippen LogP contribution in [0.2, 0.25) is 51.4 Å². The lowest BCUT2D eigenvalue weighted by Gasteiger charge is -2.28. The fourth-order valence-corrected chi connectivity index (χ4v) is 16.8. The highest BCUT2D eigenvalue weighted by molar-refractivity contribution is 7.93. The molecule has 4 aromatic carbocycles. The molecule has 0 aliphatic rings. The van der Waals surface area contributed by atoms with Crippen molar-refractivity contribution < 1.29 is 72.3 Å². The van der Waals surface area contributed by atoms with Crippen LogP contribution in [0.15, 0.2) is 119 Å². The number of ether oxygens (including phenoxy) is 6. The number of methoxy groups -OCH3 is 6. The minimum Gasteiger partial charge on any atom is -0.494 e. The quantitative estimate of drug-likeness (QED) is 0.0444. The van der Waals surface area contributed by atoms with Crippen molar-refractivity contribution in [2.45, 2.75) is 73.4 Å². The van der Waals surface area contributed by atoms with Gasteiger partial charge in [0.1, 0.15) is 45.8 Å². The molecule has 0 aliphatic heterocycles. The van der Waals surface area contributed by atoms with Gasteiger partial charge in [0.15, 0.2) is 31.3 Å². The summed E-state index contributed by atoms with van der Waals surface area (Å²) in [4.78, 5) is 8.33. The number of nitriles is 2. The highest BCUT2D eigenvalue weighted by atomic mass is 32.2. The predicted octanol–water partition coefficient (Wildman–Crippen LogP) is 7.68. The van der Waals surface area contributed by atoms with E-state index in [0.717, 1.165) is 33.3 Å². The van der Waals surface area contributed by atoms with Gasteiger partial charge in [-0.1, -0.05) is 75.7 Å². The highest BCUT2D eigenvalue weighted by Gasteiger charge is 2.38. The van der Waals surface area contributed by atoms with Crippen LogP contribution in [0, 0.1) is 22.7 Å². The molecule has 0 aliphatic carbocycles. The maximum absolute atomic E-state index is 14.5. The molecule has 0 saturated heterocycles. The Morgan fingerprint density at radius 1 is 0.479 bits per heavy atom. The Morgan fingerprint density at radius 3 is 1.08 bits per heavy atom. The first-order chi connectivity index (χ1) is 45.1. The zero-order valence-electron chi connectivity index (χ0n) is 55.4. The molecule has 28 nitrogen and oxygen atoms in total. The molecule has 0 bridgehead atoms. The summed E-state index contributed by atoms with van der Waals surface area (Å²) in [6.45, 7) is 12.4. The Hall–Kier alpha value is -9.01. The maximum Gasteiger partial charge on any atom is 0.246 e. The largest absolute Gasteiger partial charge is 0.494 e. The van der Waals surface area contributed by atoms with E-state index in [-0.39, 0.29) is 80.4 Å². The van der Waals surface area contributed by atoms with E-state index in [2.05, 4.69) is 69.6 Å². The number of para-hydroxylation sites is 2. The van der Waals surface area contributed by atoms with Gasteiger partial charge in [0.25, 0.3) is 0 Å². The predicted molar refractivity (Wildman–Crippen MR) is 366 cm³/mol. The molecule has 2 atom stereocenters. The molecule has 8 aromatic rings. The van der Waals surface area contributed by atoms with Crippen LogP contribution in [-0.2, 0) is 39.7 Å². The lowest BCUT2D eigenvalue weighted by Crippen LogP contribution is -2.40. The van der Waals surface area contributed by atoms with Crippen LogP contribution in [0.1, 0.15) is 34.5 Å². The zero-order chi connectivity index (χ0) is 70.9. The summed E-state index contributed by atoms with van der Waals surface area (Å²) in [7, 11) is -11.9. The topological polar surface area (TPSA) is 374 Å². The summed E-state index contributed by atoms with van der Waals surface area (Å²) in [6, 6.07) is 32.2. The number of hydrogen-bond donors (Lipinski definition) is 2. The molecular weight excluding hydrogens is 1350 g/mol. The Labute approximate surface area is 561 Å². The number of aliphatic hydroxyl groups excluding tert-OH is 2. The third-order valence-corrected chi connectivity index (χ3v) is 23.9. The number of sulfonamides is 2. The second-order valence-corrected chi connectivity index (χ2v) is 43.2. The van der Waals surface area contributed by atoms with Crippen LogP contribution in [0.4, 0.5) is 11.9 Å². The number of anilines is 2. The molecule has 4 aromatic heterocycles. The number of nitrogens with zero attached hydrogens (tertiary/aromatic N) is 12. The molecule has 2 N–H and O–H groups in total. The Balaban J connectivity index is 0.000000271. The molecule has 0 saturated carbocycles. The molecule has 34 heteroatoms. The number of aliphatic hydroxyl groups is 2. The van der Waals surface area contributed by atoms with E-state index in [9.17, 15) is 54.4 Å². The SMILES string of the molecule is COc1cccc(-c2nnc(N(CC[Si](C)(C)C)S(=O)(=O)C[C@@H](O)c3ccc(C#N)cc3S(C)(=O)=O)n2-c2c(OC)cccc2OC)n1.COc1cccc(-c2nnc(N(CC[Si](C)(C)C)S(=O)(=O)C[C@H](O)c3ccc(C#N)cc3S(C)(=O)=O)n2-c2c(OC)cccc2OC)n1. The van der Waals surface area contributed by atoms with Crippen molar-refractivity contribution in [3.63, 3.8) is 0 Å². The number of rotatable bonds is 28. The van der Waals surface area contributed by atoms with Crippen LogP contribution in [0.5, 0.6) is 34.8 Å². The van der Waals surface area contributed by atoms with Crippen LogP contribution >= 0.6 is 0 Å². The van der Waals surface area contributed by atoms with E-state index in [0.29, 0.717) is 57.8 Å². The number of hydrogen-bond acceptors (Lipinski definition) is 24. The summed E-state index contributed by atoms with van der Waals surface area (Å²) < 4.78 is 147. The standard InChI is InChI=1S/2C31H38N6O8S2Si/c2*1-43-25-11-9-12-26(44-2)29(25)37-30(23-10-8-13-28(33-23)45-3)34-35-31(37)36(16-17-48(5,6)7)47(41,42)20-24(38)22-15-14-21(19-32)18-27(22)46(4,39)40/h2*8-15,18,24,38H,16-17,20H2,1-7H3/t2*24-/m10/s1. The highest BCUT2D eigenvalue weighted by Crippen LogP contribution is 2.42. The van der Waals surface area contributed by atoms with Gasteiger partial charge in [-0.2, -0.15) is 10.5 Å². The van der Waals surface area contributed by atoms with E-state index in [1.165, 1.54) is 76.1 Å². The fraction of sp³-hybridized carbons (Fsp3) is 0.355. The van der Waals surface area contributed by atoms with E-state index >= 15 is 0 Å². The van der Waals surface area contributed by atoms with Gasteiger partial charge in [0.05, 0.1) is 99.4 Å². The molecule has 4 heterocycles. The number of pyridine rings is 2. The number of aromatic nitrogens is 8. The second-order valence-electron chi connectivity index (χ2n) is 24.1. The van der Waals surface area contributed by atoms with Gasteiger partial charge in [0, 0.05) is 65.0 Å². The van der Waals surface area contributed by atoms with Gasteiger partial charge in [-0.05, 0) is 72.8 Å². The average Bonchev–Trinajstić information content (AvgIpc) is 1.54. The Kier molecular flexibility index (Phi) is 23.5. The van der Waals surface area contributed by atoms with Crippen LogP contribution in [0.3, 0.4) is 0 Å². The summed E-state index contributed by atoms with van der Waals surface area (Å²) in [6.07, 6.45) is -1.71. The van der Waals surface area contributed by atoms with E-state index < -0.39 is 79.6 Å². The molecule has 0 amide bonds. The third kappa shape index (κ3) is 17.5. The molecule has 0 unspecified atom stereocenters. The lowest BCUT2D eigenvalue weighted by molar-refractivity contribution is 0.198. The van der Waals surface area contributed by atoms with Crippen molar-refractivity contribution in [2.75, 3.05) is 88.4 Å². The van der Waals surface area contributed by atoms with E-state index in [1.54, 1.807) is 72.8 Å². The minimum absolute atomic E-state index is 0.0295. The zero-order valence-corrected chi connectivity index (χ0v) is 60.7. The van der Waals surface area contributed by atoms with Crippen LogP contribution in [0.25, 0.3) is 34.4 Å². The normalized spacial score (nSPS) is 12.6. The van der Waals surface area contributed by atoms with Gasteiger partial charge in [-0.3, -0.25) is 9.13 Å². The molecule has 96 heavy (non-hydrogen) atoms. The monoisotopic (exact) mass is 1430 g/mol. The van der Waals surface area contributed by atoms with E-state index in [1.807, 2.05) is 12.1 Å². The molecule has 8 rings (SSSR count). The van der Waals surface area contributed by atoms with E-state index in [4.69, 9.17) is 28.4 Å². The lowest BCUT2D eigenvalue weighted by atomic mass is 10.1. The van der Waals surface area contributed by atoms with Crippen molar-refractivity contribution >= 4 is 67.8 Å². The van der Waals surface area contributed by atoms with Gasteiger partial charge < -0.3 is 38.6 Å².